The Balaban J connectivity index is 0.00000225. The number of amides is 1. The first-order valence-electron chi connectivity index (χ1n) is 7.72. The number of hydrogen-bond donors (Lipinski definition) is 1. The van der Waals surface area contributed by atoms with Crippen molar-refractivity contribution >= 4 is 35.6 Å². The van der Waals surface area contributed by atoms with Crippen LogP contribution in [0.5, 0.6) is 11.5 Å². The van der Waals surface area contributed by atoms with E-state index < -0.39 is 0 Å². The topological polar surface area (TPSA) is 63.2 Å². The van der Waals surface area contributed by atoms with Crippen molar-refractivity contribution in [3.8, 4) is 11.5 Å². The Kier molecular flexibility index (Phi) is 6.25. The molecular formula is C18H20ClN3O3. The summed E-state index contributed by atoms with van der Waals surface area (Å²) in [5.74, 6) is 1.98. The molecule has 0 atom stereocenters. The molecule has 25 heavy (non-hydrogen) atoms. The van der Waals surface area contributed by atoms with E-state index in [0.717, 1.165) is 22.9 Å². The van der Waals surface area contributed by atoms with E-state index in [1.165, 1.54) is 0 Å². The second-order valence-electron chi connectivity index (χ2n) is 5.15. The highest BCUT2D eigenvalue weighted by atomic mass is 35.5. The molecule has 0 fully saturated rings. The van der Waals surface area contributed by atoms with Gasteiger partial charge in [0.15, 0.2) is 0 Å². The molecule has 1 amide bonds. The molecule has 0 saturated heterocycles. The summed E-state index contributed by atoms with van der Waals surface area (Å²) in [6.45, 7) is 2.67. The van der Waals surface area contributed by atoms with E-state index in [1.807, 2.05) is 55.5 Å². The number of nitrogens with one attached hydrogen (secondary N) is 1. The van der Waals surface area contributed by atoms with Crippen LogP contribution < -0.4 is 19.7 Å². The number of hydrogen-bond acceptors (Lipinski definition) is 5. The van der Waals surface area contributed by atoms with Crippen LogP contribution in [0.3, 0.4) is 0 Å². The van der Waals surface area contributed by atoms with Crippen LogP contribution in [0.4, 0.5) is 11.4 Å². The molecule has 0 unspecified atom stereocenters. The Morgan fingerprint density at radius 2 is 1.72 bits per heavy atom. The van der Waals surface area contributed by atoms with E-state index >= 15 is 0 Å². The number of benzene rings is 2. The van der Waals surface area contributed by atoms with Gasteiger partial charge in [-0.3, -0.25) is 4.79 Å². The maximum atomic E-state index is 12.2. The molecule has 2 aromatic rings. The van der Waals surface area contributed by atoms with Crippen molar-refractivity contribution in [3.05, 3.63) is 48.5 Å². The van der Waals surface area contributed by atoms with Crippen LogP contribution in [-0.2, 0) is 4.79 Å². The van der Waals surface area contributed by atoms with Crippen LogP contribution in [-0.4, -0.2) is 32.1 Å². The fraction of sp³-hybridized carbons (Fsp3) is 0.222. The first-order valence-corrected chi connectivity index (χ1v) is 7.72. The van der Waals surface area contributed by atoms with Crippen LogP contribution in [0.1, 0.15) is 6.92 Å². The van der Waals surface area contributed by atoms with E-state index in [4.69, 9.17) is 9.47 Å². The van der Waals surface area contributed by atoms with E-state index in [9.17, 15) is 4.79 Å². The maximum absolute atomic E-state index is 12.2. The van der Waals surface area contributed by atoms with Gasteiger partial charge >= 0.3 is 0 Å². The summed E-state index contributed by atoms with van der Waals surface area (Å²) >= 11 is 0. The summed E-state index contributed by atoms with van der Waals surface area (Å²) in [7, 11) is 1.62. The summed E-state index contributed by atoms with van der Waals surface area (Å²) in [6, 6.07) is 14.8. The number of methoxy groups -OCH3 is 1. The Morgan fingerprint density at radius 3 is 2.32 bits per heavy atom. The van der Waals surface area contributed by atoms with Gasteiger partial charge in [0.1, 0.15) is 18.0 Å². The predicted molar refractivity (Wildman–Crippen MR) is 101 cm³/mol. The first-order chi connectivity index (χ1) is 11.7. The molecule has 1 aliphatic heterocycles. The van der Waals surface area contributed by atoms with E-state index in [0.29, 0.717) is 12.6 Å². The van der Waals surface area contributed by atoms with Gasteiger partial charge < -0.3 is 14.8 Å². The molecule has 1 aliphatic rings. The van der Waals surface area contributed by atoms with Crippen molar-refractivity contribution in [2.24, 2.45) is 4.99 Å². The third-order valence-corrected chi connectivity index (χ3v) is 3.58. The molecule has 2 aromatic carbocycles. The van der Waals surface area contributed by atoms with Crippen molar-refractivity contribution in [2.45, 2.75) is 6.92 Å². The molecule has 1 heterocycles. The van der Waals surface area contributed by atoms with Crippen molar-refractivity contribution in [3.63, 3.8) is 0 Å². The van der Waals surface area contributed by atoms with Crippen molar-refractivity contribution in [2.75, 3.05) is 30.5 Å². The lowest BCUT2D eigenvalue weighted by Gasteiger charge is -2.20. The highest BCUT2D eigenvalue weighted by molar-refractivity contribution is 6.24. The second-order valence-corrected chi connectivity index (χ2v) is 5.15. The third kappa shape index (κ3) is 4.22. The fourth-order valence-corrected chi connectivity index (χ4v) is 2.43. The largest absolute Gasteiger partial charge is 0.497 e. The van der Waals surface area contributed by atoms with Gasteiger partial charge in [-0.2, -0.15) is 0 Å². The second kappa shape index (κ2) is 8.39. The molecule has 0 spiro atoms. The molecule has 0 saturated carbocycles. The lowest BCUT2D eigenvalue weighted by molar-refractivity contribution is -0.115. The number of aliphatic imine (C=N–C) groups is 1. The standard InChI is InChI=1S/C18H19N3O3.ClH/c1-3-24-16-10-6-14(7-11-16)21-17(22)12-19-18(21)20-13-4-8-15(23-2)9-5-13;/h4-11H,3,12H2,1-2H3,(H,19,20);1H. The highest BCUT2D eigenvalue weighted by Gasteiger charge is 2.27. The summed E-state index contributed by atoms with van der Waals surface area (Å²) < 4.78 is 10.6. The van der Waals surface area contributed by atoms with E-state index in [-0.39, 0.29) is 24.9 Å². The van der Waals surface area contributed by atoms with Crippen molar-refractivity contribution in [1.29, 1.82) is 0 Å². The zero-order chi connectivity index (χ0) is 16.9. The van der Waals surface area contributed by atoms with Crippen molar-refractivity contribution < 1.29 is 14.3 Å². The monoisotopic (exact) mass is 361 g/mol. The molecule has 0 aromatic heterocycles. The SMILES string of the molecule is CCOc1ccc(N2C(=O)CN=C2Nc2ccc(OC)cc2)cc1.Cl. The average molecular weight is 362 g/mol. The van der Waals surface area contributed by atoms with Gasteiger partial charge in [-0.15, -0.1) is 12.4 Å². The van der Waals surface area contributed by atoms with Gasteiger partial charge in [-0.25, -0.2) is 9.89 Å². The zero-order valence-corrected chi connectivity index (χ0v) is 14.9. The molecule has 0 radical (unpaired) electrons. The zero-order valence-electron chi connectivity index (χ0n) is 14.1. The minimum Gasteiger partial charge on any atom is -0.497 e. The molecule has 6 nitrogen and oxygen atoms in total. The molecule has 7 heteroatoms. The van der Waals surface area contributed by atoms with Gasteiger partial charge in [-0.05, 0) is 55.5 Å². The number of ether oxygens (including phenoxy) is 2. The Hall–Kier alpha value is -2.73. The maximum Gasteiger partial charge on any atom is 0.255 e. The third-order valence-electron chi connectivity index (χ3n) is 3.58. The van der Waals surface area contributed by atoms with E-state index in [1.54, 1.807) is 12.0 Å². The molecular weight excluding hydrogens is 342 g/mol. The smallest absolute Gasteiger partial charge is 0.255 e. The number of carbonyl (C=O) groups is 1. The minimum absolute atomic E-state index is 0. The number of carbonyl (C=O) groups excluding carboxylic acids is 1. The molecule has 0 aliphatic carbocycles. The minimum atomic E-state index is -0.0739. The molecule has 0 bridgehead atoms. The molecule has 1 N–H and O–H groups in total. The normalized spacial score (nSPS) is 13.1. The molecule has 3 rings (SSSR count). The predicted octanol–water partition coefficient (Wildman–Crippen LogP) is 3.33. The Bertz CT molecular complexity index is 745. The van der Waals surface area contributed by atoms with Gasteiger partial charge in [-0.1, -0.05) is 0 Å². The number of nitrogens with zero attached hydrogens (tertiary/aromatic N) is 2. The van der Waals surface area contributed by atoms with Crippen LogP contribution in [0.2, 0.25) is 0 Å². The van der Waals surface area contributed by atoms with Crippen LogP contribution >= 0.6 is 12.4 Å². The van der Waals surface area contributed by atoms with Crippen LogP contribution in [0, 0.1) is 0 Å². The summed E-state index contributed by atoms with van der Waals surface area (Å²) in [4.78, 5) is 18.1. The number of anilines is 2. The summed E-state index contributed by atoms with van der Waals surface area (Å²) in [5, 5.41) is 3.18. The summed E-state index contributed by atoms with van der Waals surface area (Å²) in [5.41, 5.74) is 1.58. The van der Waals surface area contributed by atoms with Crippen molar-refractivity contribution in [1.82, 2.24) is 0 Å². The van der Waals surface area contributed by atoms with Gasteiger partial charge in [0.25, 0.3) is 5.91 Å². The van der Waals surface area contributed by atoms with Crippen LogP contribution in [0.25, 0.3) is 0 Å². The highest BCUT2D eigenvalue weighted by Crippen LogP contribution is 2.23. The average Bonchev–Trinajstić information content (AvgIpc) is 2.97. The number of halogens is 1. The lowest BCUT2D eigenvalue weighted by atomic mass is 10.2. The van der Waals surface area contributed by atoms with Crippen LogP contribution in [0.15, 0.2) is 53.5 Å². The van der Waals surface area contributed by atoms with E-state index in [2.05, 4.69) is 10.3 Å². The molecule has 132 valence electrons. The lowest BCUT2D eigenvalue weighted by Crippen LogP contribution is -2.36. The number of guanidine groups is 1. The van der Waals surface area contributed by atoms with Gasteiger partial charge in [0, 0.05) is 5.69 Å². The Labute approximate surface area is 152 Å². The van der Waals surface area contributed by atoms with Gasteiger partial charge in [0.05, 0.1) is 19.4 Å². The summed E-state index contributed by atoms with van der Waals surface area (Å²) in [6.07, 6.45) is 0. The fourth-order valence-electron chi connectivity index (χ4n) is 2.43. The Morgan fingerprint density at radius 1 is 1.08 bits per heavy atom. The first kappa shape index (κ1) is 18.6. The number of rotatable bonds is 5. The quantitative estimate of drug-likeness (QED) is 0.887. The van der Waals surface area contributed by atoms with Gasteiger partial charge in [0.2, 0.25) is 5.96 Å².